The molecule has 0 atom stereocenters. The predicted molar refractivity (Wildman–Crippen MR) is 63.2 cm³/mol. The fourth-order valence-corrected chi connectivity index (χ4v) is 1.01. The number of nitrogens with two attached hydrogens (primary N) is 1. The van der Waals surface area contributed by atoms with Gasteiger partial charge in [0.15, 0.2) is 0 Å². The van der Waals surface area contributed by atoms with Gasteiger partial charge in [0.25, 0.3) is 0 Å². The minimum absolute atomic E-state index is 0.806. The van der Waals surface area contributed by atoms with Gasteiger partial charge in [-0.1, -0.05) is 34.1 Å². The lowest BCUT2D eigenvalue weighted by Crippen LogP contribution is -1.85. The minimum atomic E-state index is 0.806. The topological polar surface area (TPSA) is 35.2 Å². The summed E-state index contributed by atoms with van der Waals surface area (Å²) in [5.41, 5.74) is 5.96. The molecular weight excluding hydrogens is 242 g/mol. The van der Waals surface area contributed by atoms with E-state index < -0.39 is 0 Å². The summed E-state index contributed by atoms with van der Waals surface area (Å²) in [7, 11) is 1.68. The Labute approximate surface area is 93.6 Å². The second-order valence-electron chi connectivity index (χ2n) is 2.32. The molecule has 0 spiro atoms. The Kier molecular flexibility index (Phi) is 9.40. The zero-order chi connectivity index (χ0) is 10.6. The summed E-state index contributed by atoms with van der Waals surface area (Å²) in [6.45, 7) is 0.806. The Hall–Kier alpha value is -0.980. The number of methoxy groups -OCH3 is 1. The SMILES string of the molecule is COCCBr.NC#Cc1ccccc1. The smallest absolute Gasteiger partial charge is 0.0559 e. The van der Waals surface area contributed by atoms with Gasteiger partial charge in [-0.05, 0) is 18.1 Å². The first-order chi connectivity index (χ1) is 6.85. The second kappa shape index (κ2) is 10.1. The average molecular weight is 256 g/mol. The molecule has 2 N–H and O–H groups in total. The van der Waals surface area contributed by atoms with Gasteiger partial charge in [-0.3, -0.25) is 0 Å². The van der Waals surface area contributed by atoms with Crippen LogP contribution in [-0.2, 0) is 4.74 Å². The van der Waals surface area contributed by atoms with Crippen LogP contribution in [0, 0.1) is 12.0 Å². The van der Waals surface area contributed by atoms with Crippen molar-refractivity contribution in [2.45, 2.75) is 0 Å². The molecule has 0 fully saturated rings. The molecule has 1 aromatic carbocycles. The van der Waals surface area contributed by atoms with Crippen LogP contribution in [-0.4, -0.2) is 19.0 Å². The van der Waals surface area contributed by atoms with E-state index in [4.69, 9.17) is 5.73 Å². The van der Waals surface area contributed by atoms with E-state index in [9.17, 15) is 0 Å². The van der Waals surface area contributed by atoms with E-state index in [0.29, 0.717) is 0 Å². The Balaban J connectivity index is 0.000000292. The van der Waals surface area contributed by atoms with Crippen molar-refractivity contribution in [2.24, 2.45) is 5.73 Å². The van der Waals surface area contributed by atoms with Crippen molar-refractivity contribution in [1.29, 1.82) is 0 Å². The van der Waals surface area contributed by atoms with Gasteiger partial charge < -0.3 is 10.5 Å². The average Bonchev–Trinajstić information content (AvgIpc) is 2.22. The maximum absolute atomic E-state index is 5.00. The lowest BCUT2D eigenvalue weighted by Gasteiger charge is -1.83. The standard InChI is InChI=1S/C8H7N.C3H7BrO/c9-7-6-8-4-2-1-3-5-8;1-5-3-2-4/h1-5H,9H2;2-3H2,1H3. The van der Waals surface area contributed by atoms with E-state index in [1.807, 2.05) is 30.3 Å². The first-order valence-electron chi connectivity index (χ1n) is 4.16. The van der Waals surface area contributed by atoms with Crippen molar-refractivity contribution in [3.8, 4) is 12.0 Å². The van der Waals surface area contributed by atoms with Crippen LogP contribution in [0.15, 0.2) is 30.3 Å². The third-order valence-corrected chi connectivity index (χ3v) is 1.60. The van der Waals surface area contributed by atoms with E-state index in [1.165, 1.54) is 0 Å². The summed E-state index contributed by atoms with van der Waals surface area (Å²) in [4.78, 5) is 0. The Morgan fingerprint density at radius 1 is 1.36 bits per heavy atom. The van der Waals surface area contributed by atoms with E-state index in [-0.39, 0.29) is 0 Å². The van der Waals surface area contributed by atoms with Crippen molar-refractivity contribution in [1.82, 2.24) is 0 Å². The van der Waals surface area contributed by atoms with Gasteiger partial charge in [-0.15, -0.1) is 0 Å². The van der Waals surface area contributed by atoms with E-state index in [1.54, 1.807) is 7.11 Å². The number of alkyl halides is 1. The van der Waals surface area contributed by atoms with Gasteiger partial charge in [-0.25, -0.2) is 0 Å². The Morgan fingerprint density at radius 3 is 2.36 bits per heavy atom. The third-order valence-electron chi connectivity index (χ3n) is 1.27. The molecule has 0 aliphatic carbocycles. The van der Waals surface area contributed by atoms with Crippen LogP contribution in [0.5, 0.6) is 0 Å². The minimum Gasteiger partial charge on any atom is -0.384 e. The van der Waals surface area contributed by atoms with Crippen LogP contribution in [0.3, 0.4) is 0 Å². The fourth-order valence-electron chi connectivity index (χ4n) is 0.682. The quantitative estimate of drug-likeness (QED) is 0.499. The number of benzene rings is 1. The van der Waals surface area contributed by atoms with Gasteiger partial charge in [0.1, 0.15) is 0 Å². The molecule has 0 aliphatic heterocycles. The molecular formula is C11H14BrNO. The highest BCUT2D eigenvalue weighted by Gasteiger charge is 1.77. The maximum Gasteiger partial charge on any atom is 0.0559 e. The van der Waals surface area contributed by atoms with E-state index in [0.717, 1.165) is 17.5 Å². The number of halogens is 1. The highest BCUT2D eigenvalue weighted by Crippen LogP contribution is 1.93. The van der Waals surface area contributed by atoms with Crippen molar-refractivity contribution in [3.63, 3.8) is 0 Å². The Morgan fingerprint density at radius 2 is 2.00 bits per heavy atom. The zero-order valence-electron chi connectivity index (χ0n) is 8.16. The lowest BCUT2D eigenvalue weighted by atomic mass is 10.2. The molecule has 14 heavy (non-hydrogen) atoms. The van der Waals surface area contributed by atoms with Crippen LogP contribution in [0.25, 0.3) is 0 Å². The summed E-state index contributed by atoms with van der Waals surface area (Å²) in [6, 6.07) is 12.0. The van der Waals surface area contributed by atoms with Crippen molar-refractivity contribution < 1.29 is 4.74 Å². The van der Waals surface area contributed by atoms with Crippen LogP contribution in [0.1, 0.15) is 5.56 Å². The van der Waals surface area contributed by atoms with Gasteiger partial charge in [0.05, 0.1) is 6.61 Å². The lowest BCUT2D eigenvalue weighted by molar-refractivity contribution is 0.219. The van der Waals surface area contributed by atoms with Crippen LogP contribution in [0.2, 0.25) is 0 Å². The number of rotatable bonds is 2. The van der Waals surface area contributed by atoms with Gasteiger partial charge in [0.2, 0.25) is 0 Å². The predicted octanol–water partition coefficient (Wildman–Crippen LogP) is 1.98. The number of ether oxygens (including phenoxy) is 1. The van der Waals surface area contributed by atoms with Gasteiger partial charge in [-0.2, -0.15) is 0 Å². The molecule has 0 aromatic heterocycles. The summed E-state index contributed by atoms with van der Waals surface area (Å²) in [5, 5.41) is 0.934. The molecule has 0 amide bonds. The van der Waals surface area contributed by atoms with Crippen molar-refractivity contribution in [2.75, 3.05) is 19.0 Å². The summed E-state index contributed by atoms with van der Waals surface area (Å²) in [5.74, 6) is 2.74. The molecule has 0 aliphatic rings. The summed E-state index contributed by atoms with van der Waals surface area (Å²) >= 11 is 3.18. The number of hydrogen-bond donors (Lipinski definition) is 1. The number of hydrogen-bond acceptors (Lipinski definition) is 2. The van der Waals surface area contributed by atoms with Gasteiger partial charge >= 0.3 is 0 Å². The van der Waals surface area contributed by atoms with Crippen molar-refractivity contribution >= 4 is 15.9 Å². The highest BCUT2D eigenvalue weighted by molar-refractivity contribution is 9.09. The first kappa shape index (κ1) is 13.0. The maximum atomic E-state index is 5.00. The van der Waals surface area contributed by atoms with Crippen LogP contribution in [0.4, 0.5) is 0 Å². The summed E-state index contributed by atoms with van der Waals surface area (Å²) < 4.78 is 4.64. The second-order valence-corrected chi connectivity index (χ2v) is 3.11. The fraction of sp³-hybridized carbons (Fsp3) is 0.273. The largest absolute Gasteiger partial charge is 0.384 e. The molecule has 0 saturated heterocycles. The molecule has 0 radical (unpaired) electrons. The summed E-state index contributed by atoms with van der Waals surface area (Å²) in [6.07, 6.45) is 0. The first-order valence-corrected chi connectivity index (χ1v) is 5.29. The van der Waals surface area contributed by atoms with E-state index >= 15 is 0 Å². The molecule has 0 saturated carbocycles. The van der Waals surface area contributed by atoms with Gasteiger partial charge in [0, 0.05) is 24.0 Å². The zero-order valence-corrected chi connectivity index (χ0v) is 9.75. The molecule has 2 nitrogen and oxygen atoms in total. The molecule has 1 aromatic rings. The third kappa shape index (κ3) is 7.66. The normalized spacial score (nSPS) is 7.86. The molecule has 0 heterocycles. The monoisotopic (exact) mass is 255 g/mol. The van der Waals surface area contributed by atoms with E-state index in [2.05, 4.69) is 32.6 Å². The molecule has 3 heteroatoms. The molecule has 76 valence electrons. The molecule has 1 rings (SSSR count). The van der Waals surface area contributed by atoms with Crippen LogP contribution < -0.4 is 5.73 Å². The molecule has 0 unspecified atom stereocenters. The molecule has 0 bridgehead atoms. The van der Waals surface area contributed by atoms with Crippen LogP contribution >= 0.6 is 15.9 Å². The highest BCUT2D eigenvalue weighted by atomic mass is 79.9. The Bertz CT molecular complexity index is 274. The van der Waals surface area contributed by atoms with Crippen molar-refractivity contribution in [3.05, 3.63) is 35.9 Å².